The largest absolute Gasteiger partial charge is 0.508 e. The van der Waals surface area contributed by atoms with Crippen LogP contribution in [-0.4, -0.2) is 51.9 Å². The first-order valence-corrected chi connectivity index (χ1v) is 11.8. The minimum absolute atomic E-state index is 0.0307. The first kappa shape index (κ1) is 22.3. The number of aromatic hydroxyl groups is 1. The van der Waals surface area contributed by atoms with E-state index < -0.39 is 5.82 Å². The third kappa shape index (κ3) is 3.37. The van der Waals surface area contributed by atoms with Crippen LogP contribution < -0.4 is 20.5 Å². The number of benzene rings is 2. The lowest BCUT2D eigenvalue weighted by molar-refractivity contribution is 0.380. The number of phenols is 1. The van der Waals surface area contributed by atoms with Crippen LogP contribution in [-0.2, 0) is 7.05 Å². The van der Waals surface area contributed by atoms with Gasteiger partial charge in [0.2, 0.25) is 0 Å². The van der Waals surface area contributed by atoms with Crippen molar-refractivity contribution in [3.8, 4) is 35.4 Å². The molecule has 2 aliphatic rings. The predicted molar refractivity (Wildman–Crippen MR) is 136 cm³/mol. The second-order valence-corrected chi connectivity index (χ2v) is 9.39. The predicted octanol–water partition coefficient (Wildman–Crippen LogP) is 2.92. The van der Waals surface area contributed by atoms with Crippen molar-refractivity contribution in [1.82, 2.24) is 19.9 Å². The number of phenolic OH excluding ortho intramolecular Hbond substituents is 1. The van der Waals surface area contributed by atoms with E-state index in [-0.39, 0.29) is 22.9 Å². The summed E-state index contributed by atoms with van der Waals surface area (Å²) in [5, 5.41) is 15.4. The minimum Gasteiger partial charge on any atom is -0.508 e. The highest BCUT2D eigenvalue weighted by Crippen LogP contribution is 2.37. The van der Waals surface area contributed by atoms with Crippen molar-refractivity contribution in [1.29, 1.82) is 0 Å². The number of piperazine rings is 1. The summed E-state index contributed by atoms with van der Waals surface area (Å²) < 4.78 is 21.5. The van der Waals surface area contributed by atoms with Crippen molar-refractivity contribution < 1.29 is 14.2 Å². The number of aromatic nitrogens is 3. The molecule has 4 aromatic rings. The molecule has 8 nitrogen and oxygen atoms in total. The molecule has 0 aliphatic carbocycles. The van der Waals surface area contributed by atoms with Gasteiger partial charge in [0.15, 0.2) is 0 Å². The molecule has 4 heterocycles. The first-order valence-electron chi connectivity index (χ1n) is 11.8. The van der Waals surface area contributed by atoms with E-state index in [1.54, 1.807) is 19.2 Å². The van der Waals surface area contributed by atoms with E-state index in [0.717, 1.165) is 25.9 Å². The summed E-state index contributed by atoms with van der Waals surface area (Å²) in [6, 6.07) is 8.40. The Labute approximate surface area is 206 Å². The van der Waals surface area contributed by atoms with E-state index in [2.05, 4.69) is 26.1 Å². The second kappa shape index (κ2) is 8.21. The summed E-state index contributed by atoms with van der Waals surface area (Å²) in [6.07, 6.45) is 7.83. The fourth-order valence-electron chi connectivity index (χ4n) is 5.57. The molecule has 2 saturated heterocycles. The van der Waals surface area contributed by atoms with E-state index >= 15 is 0 Å². The van der Waals surface area contributed by atoms with Crippen molar-refractivity contribution in [3.63, 3.8) is 0 Å². The van der Waals surface area contributed by atoms with Crippen LogP contribution in [0.2, 0.25) is 0 Å². The molecule has 2 N–H and O–H groups in total. The highest BCUT2D eigenvalue weighted by atomic mass is 19.1. The Bertz CT molecular complexity index is 1650. The highest BCUT2D eigenvalue weighted by molar-refractivity contribution is 6.02. The SMILES string of the molecule is C#Cc1c(F)ccc2cc(O)cc(-c3cc4nc(OC)nc(N5CC6CCC(C5)N6)c4c(=O)n3C)c12. The molecule has 0 amide bonds. The number of anilines is 1. The first-order chi connectivity index (χ1) is 17.4. The summed E-state index contributed by atoms with van der Waals surface area (Å²) in [5.74, 6) is 2.38. The van der Waals surface area contributed by atoms with E-state index in [0.29, 0.717) is 50.8 Å². The number of hydrogen-bond acceptors (Lipinski definition) is 7. The zero-order valence-corrected chi connectivity index (χ0v) is 19.9. The number of nitrogens with one attached hydrogen (secondary N) is 1. The number of halogens is 1. The Hall–Kier alpha value is -4.16. The highest BCUT2D eigenvalue weighted by Gasteiger charge is 2.34. The van der Waals surface area contributed by atoms with Gasteiger partial charge in [-0.25, -0.2) is 4.39 Å². The average molecular weight is 486 g/mol. The van der Waals surface area contributed by atoms with Gasteiger partial charge in [0.05, 0.1) is 23.9 Å². The standard InChI is InChI=1S/C27H24FN5O3/c1-4-18-20(28)8-5-14-9-17(34)10-19(23(14)18)22-11-21-24(26(35)32(22)2)25(31-27(30-21)36-3)33-12-15-6-7-16(13-33)29-15/h1,5,8-11,15-16,29,34H,6-7,12-13H2,2-3H3. The normalized spacial score (nSPS) is 19.1. The maximum atomic E-state index is 14.7. The molecule has 2 unspecified atom stereocenters. The van der Waals surface area contributed by atoms with Gasteiger partial charge in [-0.05, 0) is 42.5 Å². The van der Waals surface area contributed by atoms with Gasteiger partial charge in [-0.3, -0.25) is 4.79 Å². The van der Waals surface area contributed by atoms with Crippen LogP contribution in [0.4, 0.5) is 10.2 Å². The van der Waals surface area contributed by atoms with Gasteiger partial charge in [-0.1, -0.05) is 12.0 Å². The van der Waals surface area contributed by atoms with E-state index in [1.165, 1.54) is 29.9 Å². The minimum atomic E-state index is -0.553. The summed E-state index contributed by atoms with van der Waals surface area (Å²) in [4.78, 5) is 25.0. The molecule has 0 spiro atoms. The Balaban J connectivity index is 1.64. The van der Waals surface area contributed by atoms with Crippen molar-refractivity contribution in [2.75, 3.05) is 25.1 Å². The molecule has 2 aromatic heterocycles. The van der Waals surface area contributed by atoms with E-state index in [1.807, 2.05) is 0 Å². The molecular weight excluding hydrogens is 461 g/mol. The number of rotatable bonds is 3. The van der Waals surface area contributed by atoms with Gasteiger partial charge in [0.25, 0.3) is 5.56 Å². The van der Waals surface area contributed by atoms with Gasteiger partial charge in [0.1, 0.15) is 22.8 Å². The van der Waals surface area contributed by atoms with Crippen LogP contribution in [0.15, 0.2) is 35.1 Å². The molecule has 182 valence electrons. The Morgan fingerprint density at radius 1 is 1.17 bits per heavy atom. The van der Waals surface area contributed by atoms with Crippen LogP contribution >= 0.6 is 0 Å². The molecule has 2 fully saturated rings. The number of nitrogens with zero attached hydrogens (tertiary/aromatic N) is 4. The van der Waals surface area contributed by atoms with E-state index in [9.17, 15) is 14.3 Å². The monoisotopic (exact) mass is 485 g/mol. The van der Waals surface area contributed by atoms with Gasteiger partial charge < -0.3 is 24.6 Å². The van der Waals surface area contributed by atoms with Gasteiger partial charge in [-0.2, -0.15) is 9.97 Å². The molecule has 2 aromatic carbocycles. The third-order valence-corrected chi connectivity index (χ3v) is 7.22. The third-order valence-electron chi connectivity index (χ3n) is 7.22. The quantitative estimate of drug-likeness (QED) is 0.431. The molecule has 2 bridgehead atoms. The second-order valence-electron chi connectivity index (χ2n) is 9.39. The number of fused-ring (bicyclic) bond motifs is 4. The molecule has 6 rings (SSSR count). The van der Waals surface area contributed by atoms with E-state index in [4.69, 9.17) is 11.2 Å². The van der Waals surface area contributed by atoms with Crippen LogP contribution in [0.1, 0.15) is 18.4 Å². The molecule has 0 saturated carbocycles. The fraction of sp³-hybridized carbons (Fsp3) is 0.296. The smallest absolute Gasteiger partial charge is 0.318 e. The molecular formula is C27H24FN5O3. The van der Waals surface area contributed by atoms with Crippen molar-refractivity contribution in [2.45, 2.75) is 24.9 Å². The topological polar surface area (TPSA) is 92.5 Å². The fourth-order valence-corrected chi connectivity index (χ4v) is 5.57. The number of terminal acetylenes is 1. The maximum Gasteiger partial charge on any atom is 0.318 e. The van der Waals surface area contributed by atoms with Gasteiger partial charge >= 0.3 is 6.01 Å². The zero-order valence-electron chi connectivity index (χ0n) is 19.9. The van der Waals surface area contributed by atoms with Crippen LogP contribution in [0.3, 0.4) is 0 Å². The number of methoxy groups -OCH3 is 1. The van der Waals surface area contributed by atoms with Crippen molar-refractivity contribution >= 4 is 27.5 Å². The van der Waals surface area contributed by atoms with Crippen LogP contribution in [0.5, 0.6) is 11.8 Å². The summed E-state index contributed by atoms with van der Waals surface area (Å²) in [6.45, 7) is 1.47. The molecule has 2 aliphatic heterocycles. The molecule has 0 radical (unpaired) electrons. The number of hydrogen-bond donors (Lipinski definition) is 2. The lowest BCUT2D eigenvalue weighted by Crippen LogP contribution is -2.51. The summed E-state index contributed by atoms with van der Waals surface area (Å²) in [5.41, 5.74) is 1.02. The van der Waals surface area contributed by atoms with Crippen molar-refractivity contribution in [2.24, 2.45) is 7.05 Å². The number of pyridine rings is 1. The Morgan fingerprint density at radius 3 is 2.61 bits per heavy atom. The number of ether oxygens (including phenoxy) is 1. The van der Waals surface area contributed by atoms with Gasteiger partial charge in [-0.15, -0.1) is 6.42 Å². The molecule has 36 heavy (non-hydrogen) atoms. The summed E-state index contributed by atoms with van der Waals surface area (Å²) >= 11 is 0. The zero-order chi connectivity index (χ0) is 25.1. The molecule has 2 atom stereocenters. The maximum absolute atomic E-state index is 14.7. The van der Waals surface area contributed by atoms with Crippen LogP contribution in [0.25, 0.3) is 32.9 Å². The van der Waals surface area contributed by atoms with Gasteiger partial charge in [0, 0.05) is 43.2 Å². The summed E-state index contributed by atoms with van der Waals surface area (Å²) in [7, 11) is 3.12. The Morgan fingerprint density at radius 2 is 1.92 bits per heavy atom. The average Bonchev–Trinajstić information content (AvgIpc) is 3.22. The lowest BCUT2D eigenvalue weighted by Gasteiger charge is -2.34. The van der Waals surface area contributed by atoms with Crippen molar-refractivity contribution in [3.05, 3.63) is 52.1 Å². The lowest BCUT2D eigenvalue weighted by atomic mass is 9.95. The Kier molecular flexibility index (Phi) is 5.09. The molecule has 9 heteroatoms. The van der Waals surface area contributed by atoms with Crippen LogP contribution in [0, 0.1) is 18.2 Å².